The molecule has 15 nitrogen and oxygen atoms in total. The van der Waals surface area contributed by atoms with E-state index in [0.29, 0.717) is 0 Å². The fourth-order valence-electron chi connectivity index (χ4n) is 2.33. The number of carbonyl (C=O) groups excluding carboxylic acids is 3. The quantitative estimate of drug-likeness (QED) is 0.112. The highest BCUT2D eigenvalue weighted by Crippen LogP contribution is 2.02. The number of amides is 3. The summed E-state index contributed by atoms with van der Waals surface area (Å²) in [5.74, 6) is -7.24. The lowest BCUT2D eigenvalue weighted by molar-refractivity contribution is -0.144. The van der Waals surface area contributed by atoms with Gasteiger partial charge in [-0.05, 0) is 19.8 Å². The zero-order chi connectivity index (χ0) is 25.0. The molecule has 5 atom stereocenters. The Morgan fingerprint density at radius 2 is 1.28 bits per heavy atom. The third-order valence-electron chi connectivity index (χ3n) is 4.15. The highest BCUT2D eigenvalue weighted by atomic mass is 16.4. The van der Waals surface area contributed by atoms with Gasteiger partial charge in [0.1, 0.15) is 18.1 Å². The summed E-state index contributed by atoms with van der Waals surface area (Å²) in [5, 5.41) is 51.7. The maximum Gasteiger partial charge on any atom is 0.326 e. The van der Waals surface area contributed by atoms with Gasteiger partial charge in [-0.3, -0.25) is 24.0 Å². The summed E-state index contributed by atoms with van der Waals surface area (Å²) >= 11 is 0. The van der Waals surface area contributed by atoms with Crippen LogP contribution >= 0.6 is 0 Å². The molecule has 0 saturated carbocycles. The van der Waals surface area contributed by atoms with Crippen molar-refractivity contribution in [1.82, 2.24) is 16.0 Å². The predicted octanol–water partition coefficient (Wildman–Crippen LogP) is -4.04. The maximum absolute atomic E-state index is 12.3. The Morgan fingerprint density at radius 1 is 0.781 bits per heavy atom. The minimum absolute atomic E-state index is 0.243. The van der Waals surface area contributed by atoms with Gasteiger partial charge in [0, 0.05) is 12.8 Å². The number of hydrogen-bond acceptors (Lipinski definition) is 9. The van der Waals surface area contributed by atoms with Gasteiger partial charge < -0.3 is 47.2 Å². The first-order valence-electron chi connectivity index (χ1n) is 9.42. The van der Waals surface area contributed by atoms with Crippen LogP contribution in [0.2, 0.25) is 0 Å². The highest BCUT2D eigenvalue weighted by Gasteiger charge is 2.32. The van der Waals surface area contributed by atoms with Crippen LogP contribution in [0.4, 0.5) is 0 Å². The van der Waals surface area contributed by atoms with Crippen LogP contribution in [0.15, 0.2) is 0 Å². The normalized spacial score (nSPS) is 15.4. The zero-order valence-corrected chi connectivity index (χ0v) is 17.2. The number of carboxylic acids is 3. The average Bonchev–Trinajstić information content (AvgIpc) is 2.69. The van der Waals surface area contributed by atoms with E-state index in [-0.39, 0.29) is 6.42 Å². The number of aliphatic hydroxyl groups excluding tert-OH is 2. The highest BCUT2D eigenvalue weighted by molar-refractivity contribution is 5.94. The van der Waals surface area contributed by atoms with Crippen LogP contribution in [0.5, 0.6) is 0 Å². The molecule has 15 heteroatoms. The van der Waals surface area contributed by atoms with Gasteiger partial charge in [0.15, 0.2) is 0 Å². The predicted molar refractivity (Wildman–Crippen MR) is 104 cm³/mol. The first kappa shape index (κ1) is 28.7. The van der Waals surface area contributed by atoms with Gasteiger partial charge in [-0.2, -0.15) is 0 Å². The number of aliphatic hydroxyl groups is 2. The second-order valence-electron chi connectivity index (χ2n) is 6.84. The second kappa shape index (κ2) is 13.9. The Bertz CT molecular complexity index is 713. The summed E-state index contributed by atoms with van der Waals surface area (Å²) in [6, 6.07) is -6.23. The number of nitrogens with two attached hydrogens (primary N) is 1. The number of hydrogen-bond donors (Lipinski definition) is 9. The fraction of sp³-hybridized carbons (Fsp3) is 0.647. The van der Waals surface area contributed by atoms with Crippen molar-refractivity contribution in [2.24, 2.45) is 5.73 Å². The number of rotatable bonds is 15. The van der Waals surface area contributed by atoms with Gasteiger partial charge in [-0.25, -0.2) is 4.79 Å². The van der Waals surface area contributed by atoms with Crippen molar-refractivity contribution in [3.63, 3.8) is 0 Å². The smallest absolute Gasteiger partial charge is 0.326 e. The molecule has 32 heavy (non-hydrogen) atoms. The molecule has 0 aromatic heterocycles. The topological polar surface area (TPSA) is 266 Å². The van der Waals surface area contributed by atoms with Crippen molar-refractivity contribution in [1.29, 1.82) is 0 Å². The number of nitrogens with one attached hydrogen (secondary N) is 3. The summed E-state index contributed by atoms with van der Waals surface area (Å²) in [7, 11) is 0. The lowest BCUT2D eigenvalue weighted by Gasteiger charge is -2.25. The Morgan fingerprint density at radius 3 is 1.72 bits per heavy atom. The van der Waals surface area contributed by atoms with Gasteiger partial charge >= 0.3 is 17.9 Å². The van der Waals surface area contributed by atoms with Crippen LogP contribution in [-0.4, -0.2) is 98.0 Å². The van der Waals surface area contributed by atoms with Crippen molar-refractivity contribution in [2.75, 3.05) is 6.61 Å². The van der Waals surface area contributed by atoms with Crippen LogP contribution in [0, 0.1) is 0 Å². The molecule has 5 unspecified atom stereocenters. The number of carbonyl (C=O) groups is 6. The lowest BCUT2D eigenvalue weighted by Crippen LogP contribution is -2.60. The third-order valence-corrected chi connectivity index (χ3v) is 4.15. The molecular weight excluding hydrogens is 436 g/mol. The molecule has 0 aliphatic carbocycles. The lowest BCUT2D eigenvalue weighted by atomic mass is 10.1. The van der Waals surface area contributed by atoms with E-state index in [1.54, 1.807) is 0 Å². The SMILES string of the molecule is CC(O)C(NC(=O)C(CO)NC(=O)C(N)CCC(=O)O)C(=O)NC(CCC(=O)O)C(=O)O. The third kappa shape index (κ3) is 10.6. The zero-order valence-electron chi connectivity index (χ0n) is 17.2. The molecule has 0 bridgehead atoms. The van der Waals surface area contributed by atoms with Crippen molar-refractivity contribution in [2.45, 2.75) is 62.9 Å². The standard InChI is InChI=1S/C17H28N4O11/c1-7(23)13(16(30)19-9(17(31)32)3-5-12(26)27)21-15(29)10(6-22)20-14(28)8(18)2-4-11(24)25/h7-10,13,22-23H,2-6,18H2,1H3,(H,19,30)(H,20,28)(H,21,29)(H,24,25)(H,26,27)(H,31,32). The largest absolute Gasteiger partial charge is 0.481 e. The molecule has 10 N–H and O–H groups in total. The van der Waals surface area contributed by atoms with E-state index in [1.165, 1.54) is 0 Å². The van der Waals surface area contributed by atoms with Crippen molar-refractivity contribution >= 4 is 35.6 Å². The van der Waals surface area contributed by atoms with Gasteiger partial charge in [-0.15, -0.1) is 0 Å². The average molecular weight is 464 g/mol. The van der Waals surface area contributed by atoms with Crippen molar-refractivity contribution in [3.05, 3.63) is 0 Å². The van der Waals surface area contributed by atoms with E-state index in [9.17, 15) is 39.0 Å². The molecule has 0 rings (SSSR count). The maximum atomic E-state index is 12.3. The Labute approximate surface area is 182 Å². The first-order chi connectivity index (χ1) is 14.8. The summed E-state index contributed by atoms with van der Waals surface area (Å²) < 4.78 is 0. The molecule has 0 aromatic carbocycles. The Hall–Kier alpha value is -3.30. The molecule has 0 radical (unpaired) electrons. The monoisotopic (exact) mass is 464 g/mol. The van der Waals surface area contributed by atoms with Crippen LogP contribution < -0.4 is 21.7 Å². The molecule has 3 amide bonds. The summed E-state index contributed by atoms with van der Waals surface area (Å²) in [4.78, 5) is 69.0. The summed E-state index contributed by atoms with van der Waals surface area (Å²) in [6.07, 6.45) is -3.22. The van der Waals surface area contributed by atoms with Crippen LogP contribution in [0.3, 0.4) is 0 Å². The molecule has 0 aliphatic heterocycles. The van der Waals surface area contributed by atoms with Crippen molar-refractivity contribution in [3.8, 4) is 0 Å². The molecule has 0 aromatic rings. The molecule has 0 saturated heterocycles. The first-order valence-corrected chi connectivity index (χ1v) is 9.42. The molecular formula is C17H28N4O11. The van der Waals surface area contributed by atoms with E-state index in [1.807, 2.05) is 5.32 Å². The van der Waals surface area contributed by atoms with Crippen molar-refractivity contribution < 1.29 is 54.3 Å². The van der Waals surface area contributed by atoms with Gasteiger partial charge in [0.05, 0.1) is 18.8 Å². The Kier molecular flexibility index (Phi) is 12.5. The van der Waals surface area contributed by atoms with Gasteiger partial charge in [0.2, 0.25) is 17.7 Å². The number of carboxylic acid groups (broad SMARTS) is 3. The minimum Gasteiger partial charge on any atom is -0.481 e. The van der Waals surface area contributed by atoms with Crippen LogP contribution in [0.1, 0.15) is 32.6 Å². The van der Waals surface area contributed by atoms with Gasteiger partial charge in [0.25, 0.3) is 0 Å². The Balaban J connectivity index is 5.15. The van der Waals surface area contributed by atoms with Gasteiger partial charge in [-0.1, -0.05) is 0 Å². The molecule has 0 fully saturated rings. The molecule has 0 spiro atoms. The van der Waals surface area contributed by atoms with E-state index in [4.69, 9.17) is 21.1 Å². The van der Waals surface area contributed by atoms with E-state index in [0.717, 1.165) is 6.92 Å². The summed E-state index contributed by atoms with van der Waals surface area (Å²) in [5.41, 5.74) is 5.51. The number of aliphatic carboxylic acids is 3. The fourth-order valence-corrected chi connectivity index (χ4v) is 2.33. The molecule has 0 aliphatic rings. The van der Waals surface area contributed by atoms with E-state index in [2.05, 4.69) is 10.6 Å². The minimum atomic E-state index is -1.71. The van der Waals surface area contributed by atoms with E-state index < -0.39 is 91.8 Å². The van der Waals surface area contributed by atoms with Crippen LogP contribution in [0.25, 0.3) is 0 Å². The van der Waals surface area contributed by atoms with Crippen LogP contribution in [-0.2, 0) is 28.8 Å². The molecule has 0 heterocycles. The summed E-state index contributed by atoms with van der Waals surface area (Å²) in [6.45, 7) is 0.166. The molecule has 182 valence electrons. The second-order valence-corrected chi connectivity index (χ2v) is 6.84. The van der Waals surface area contributed by atoms with E-state index >= 15 is 0 Å².